The average Bonchev–Trinajstić information content (AvgIpc) is 2.86. The number of likely N-dealkylation sites (tertiary alicyclic amines) is 1. The van der Waals surface area contributed by atoms with Gasteiger partial charge in [0, 0.05) is 18.7 Å². The molecule has 4 heteroatoms. The third kappa shape index (κ3) is 3.84. The number of hydrogen-bond donors (Lipinski definition) is 1. The van der Waals surface area contributed by atoms with Gasteiger partial charge >= 0.3 is 0 Å². The van der Waals surface area contributed by atoms with Crippen LogP contribution in [0.15, 0.2) is 18.2 Å². The average molecular weight is 288 g/mol. The van der Waals surface area contributed by atoms with E-state index in [1.807, 2.05) is 32.9 Å². The summed E-state index contributed by atoms with van der Waals surface area (Å²) in [5.74, 6) is 0.0255. The second-order valence-corrected chi connectivity index (χ2v) is 5.86. The molecule has 114 valence electrons. The number of carbonyl (C=O) groups is 2. The predicted octanol–water partition coefficient (Wildman–Crippen LogP) is 3.03. The Balaban J connectivity index is 2.06. The van der Waals surface area contributed by atoms with Crippen LogP contribution in [0.4, 0.5) is 5.69 Å². The second kappa shape index (κ2) is 6.74. The van der Waals surface area contributed by atoms with E-state index in [0.29, 0.717) is 13.0 Å². The summed E-state index contributed by atoms with van der Waals surface area (Å²) in [6.45, 7) is 6.70. The number of aryl methyl sites for hydroxylation is 2. The van der Waals surface area contributed by atoms with E-state index >= 15 is 0 Å². The van der Waals surface area contributed by atoms with Gasteiger partial charge in [-0.15, -0.1) is 0 Å². The van der Waals surface area contributed by atoms with Crippen LogP contribution in [-0.2, 0) is 9.59 Å². The summed E-state index contributed by atoms with van der Waals surface area (Å²) in [5, 5.41) is 2.96. The molecule has 1 heterocycles. The van der Waals surface area contributed by atoms with Gasteiger partial charge < -0.3 is 10.2 Å². The van der Waals surface area contributed by atoms with Crippen molar-refractivity contribution in [2.75, 3.05) is 11.9 Å². The molecule has 1 fully saturated rings. The summed E-state index contributed by atoms with van der Waals surface area (Å²) in [4.78, 5) is 26.3. The summed E-state index contributed by atoms with van der Waals surface area (Å²) in [7, 11) is 0. The smallest absolute Gasteiger partial charge is 0.247 e. The van der Waals surface area contributed by atoms with Crippen LogP contribution in [0.5, 0.6) is 0 Å². The number of carbonyl (C=O) groups excluding carboxylic acids is 2. The molecule has 0 unspecified atom stereocenters. The zero-order chi connectivity index (χ0) is 15.4. The summed E-state index contributed by atoms with van der Waals surface area (Å²) in [5.41, 5.74) is 3.05. The number of amides is 2. The second-order valence-electron chi connectivity index (χ2n) is 5.86. The number of nitrogens with one attached hydrogen (secondary N) is 1. The molecule has 0 radical (unpaired) electrons. The Hall–Kier alpha value is -1.84. The molecule has 1 aromatic carbocycles. The highest BCUT2D eigenvalue weighted by Crippen LogP contribution is 2.21. The third-order valence-electron chi connectivity index (χ3n) is 3.83. The van der Waals surface area contributed by atoms with Crippen LogP contribution in [0.1, 0.15) is 43.7 Å². The molecule has 2 rings (SSSR count). The minimum Gasteiger partial charge on any atom is -0.331 e. The lowest BCUT2D eigenvalue weighted by Gasteiger charge is -2.24. The highest BCUT2D eigenvalue weighted by atomic mass is 16.2. The van der Waals surface area contributed by atoms with Crippen molar-refractivity contribution in [3.8, 4) is 0 Å². The van der Waals surface area contributed by atoms with Crippen LogP contribution in [0.3, 0.4) is 0 Å². The predicted molar refractivity (Wildman–Crippen MR) is 84.2 cm³/mol. The van der Waals surface area contributed by atoms with Gasteiger partial charge in [-0.1, -0.05) is 13.0 Å². The van der Waals surface area contributed by atoms with Crippen LogP contribution in [0.25, 0.3) is 0 Å². The van der Waals surface area contributed by atoms with Crippen molar-refractivity contribution in [3.63, 3.8) is 0 Å². The molecule has 21 heavy (non-hydrogen) atoms. The quantitative estimate of drug-likeness (QED) is 0.925. The van der Waals surface area contributed by atoms with Gasteiger partial charge in [0.25, 0.3) is 0 Å². The minimum absolute atomic E-state index is 0.0676. The van der Waals surface area contributed by atoms with Crippen LogP contribution in [-0.4, -0.2) is 29.3 Å². The Morgan fingerprint density at radius 3 is 2.52 bits per heavy atom. The van der Waals surface area contributed by atoms with E-state index in [-0.39, 0.29) is 17.9 Å². The zero-order valence-electron chi connectivity index (χ0n) is 13.1. The minimum atomic E-state index is -0.315. The van der Waals surface area contributed by atoms with E-state index in [1.54, 1.807) is 4.90 Å². The van der Waals surface area contributed by atoms with Gasteiger partial charge in [0.1, 0.15) is 6.04 Å². The summed E-state index contributed by atoms with van der Waals surface area (Å²) >= 11 is 0. The van der Waals surface area contributed by atoms with Crippen molar-refractivity contribution < 1.29 is 9.59 Å². The molecule has 1 aliphatic heterocycles. The van der Waals surface area contributed by atoms with E-state index in [0.717, 1.165) is 36.1 Å². The topological polar surface area (TPSA) is 49.4 Å². The monoisotopic (exact) mass is 288 g/mol. The van der Waals surface area contributed by atoms with E-state index in [4.69, 9.17) is 0 Å². The van der Waals surface area contributed by atoms with Crippen molar-refractivity contribution in [2.45, 2.75) is 52.5 Å². The summed E-state index contributed by atoms with van der Waals surface area (Å²) < 4.78 is 0. The molecule has 1 saturated heterocycles. The maximum atomic E-state index is 12.5. The number of benzene rings is 1. The van der Waals surface area contributed by atoms with E-state index in [9.17, 15) is 9.59 Å². The SMILES string of the molecule is CCCC(=O)N1CCC[C@H]1C(=O)Nc1cc(C)cc(C)c1. The van der Waals surface area contributed by atoms with E-state index in [2.05, 4.69) is 11.4 Å². The standard InChI is InChI=1S/C17H24N2O2/c1-4-6-16(20)19-8-5-7-15(19)17(21)18-14-10-12(2)9-13(3)11-14/h9-11,15H,4-8H2,1-3H3,(H,18,21)/t15-/m0/s1. The van der Waals surface area contributed by atoms with Crippen LogP contribution in [0.2, 0.25) is 0 Å². The Kier molecular flexibility index (Phi) is 4.99. The summed E-state index contributed by atoms with van der Waals surface area (Å²) in [6.07, 6.45) is 3.00. The number of anilines is 1. The van der Waals surface area contributed by atoms with Gasteiger partial charge in [-0.3, -0.25) is 9.59 Å². The highest BCUT2D eigenvalue weighted by Gasteiger charge is 2.33. The molecule has 2 amide bonds. The normalized spacial score (nSPS) is 17.9. The number of nitrogens with zero attached hydrogens (tertiary/aromatic N) is 1. The first-order valence-electron chi connectivity index (χ1n) is 7.70. The fraction of sp³-hybridized carbons (Fsp3) is 0.529. The van der Waals surface area contributed by atoms with Gasteiger partial charge in [0.05, 0.1) is 0 Å². The van der Waals surface area contributed by atoms with E-state index in [1.165, 1.54) is 0 Å². The molecule has 0 bridgehead atoms. The molecule has 1 N–H and O–H groups in total. The number of rotatable bonds is 4. The third-order valence-corrected chi connectivity index (χ3v) is 3.83. The van der Waals surface area contributed by atoms with Gasteiger partial charge in [0.15, 0.2) is 0 Å². The lowest BCUT2D eigenvalue weighted by Crippen LogP contribution is -2.43. The summed E-state index contributed by atoms with van der Waals surface area (Å²) in [6, 6.07) is 5.67. The van der Waals surface area contributed by atoms with Gasteiger partial charge in [-0.05, 0) is 56.4 Å². The van der Waals surface area contributed by atoms with Crippen molar-refractivity contribution in [1.29, 1.82) is 0 Å². The first-order valence-corrected chi connectivity index (χ1v) is 7.70. The van der Waals surface area contributed by atoms with Crippen LogP contribution < -0.4 is 5.32 Å². The van der Waals surface area contributed by atoms with Crippen LogP contribution >= 0.6 is 0 Å². The lowest BCUT2D eigenvalue weighted by atomic mass is 10.1. The molecule has 0 aromatic heterocycles. The number of hydrogen-bond acceptors (Lipinski definition) is 2. The van der Waals surface area contributed by atoms with Crippen LogP contribution in [0, 0.1) is 13.8 Å². The maximum absolute atomic E-state index is 12.5. The largest absolute Gasteiger partial charge is 0.331 e. The van der Waals surface area contributed by atoms with Gasteiger partial charge in [-0.2, -0.15) is 0 Å². The van der Waals surface area contributed by atoms with Crippen molar-refractivity contribution >= 4 is 17.5 Å². The Morgan fingerprint density at radius 1 is 1.24 bits per heavy atom. The van der Waals surface area contributed by atoms with E-state index < -0.39 is 0 Å². The molecule has 0 aliphatic carbocycles. The van der Waals surface area contributed by atoms with Gasteiger partial charge in [0.2, 0.25) is 11.8 Å². The fourth-order valence-corrected chi connectivity index (χ4v) is 2.97. The Morgan fingerprint density at radius 2 is 1.90 bits per heavy atom. The zero-order valence-corrected chi connectivity index (χ0v) is 13.1. The molecular weight excluding hydrogens is 264 g/mol. The lowest BCUT2D eigenvalue weighted by molar-refractivity contribution is -0.136. The van der Waals surface area contributed by atoms with Crippen molar-refractivity contribution in [1.82, 2.24) is 4.90 Å². The van der Waals surface area contributed by atoms with Crippen molar-refractivity contribution in [2.24, 2.45) is 0 Å². The Labute approximate surface area is 126 Å². The Bertz CT molecular complexity index is 519. The molecule has 1 aliphatic rings. The molecule has 0 spiro atoms. The molecule has 1 aromatic rings. The first-order chi connectivity index (χ1) is 10.0. The van der Waals surface area contributed by atoms with Crippen molar-refractivity contribution in [3.05, 3.63) is 29.3 Å². The first kappa shape index (κ1) is 15.5. The molecule has 1 atom stereocenters. The maximum Gasteiger partial charge on any atom is 0.247 e. The van der Waals surface area contributed by atoms with Gasteiger partial charge in [-0.25, -0.2) is 0 Å². The molecule has 4 nitrogen and oxygen atoms in total. The highest BCUT2D eigenvalue weighted by molar-refractivity contribution is 5.97. The molecule has 0 saturated carbocycles. The molecular formula is C17H24N2O2. The fourth-order valence-electron chi connectivity index (χ4n) is 2.97.